The second-order valence-corrected chi connectivity index (χ2v) is 7.03. The number of hydrogen-bond acceptors (Lipinski definition) is 6. The number of carbonyl (C=O) groups is 1. The molecule has 3 aromatic carbocycles. The number of fused-ring (bicyclic) bond motifs is 1. The summed E-state index contributed by atoms with van der Waals surface area (Å²) in [6, 6.07) is 16.8. The lowest BCUT2D eigenvalue weighted by atomic mass is 9.97. The quantitative estimate of drug-likeness (QED) is 0.500. The number of nitrogens with zero attached hydrogens (tertiary/aromatic N) is 2. The first-order valence-electron chi connectivity index (χ1n) is 9.66. The minimum atomic E-state index is -0.246. The fourth-order valence-electron chi connectivity index (χ4n) is 3.47. The predicted octanol–water partition coefficient (Wildman–Crippen LogP) is 4.46. The first-order valence-corrected chi connectivity index (χ1v) is 9.66. The average molecular weight is 414 g/mol. The van der Waals surface area contributed by atoms with Gasteiger partial charge < -0.3 is 20.5 Å². The normalized spacial score (nSPS) is 10.7. The Morgan fingerprint density at radius 1 is 1.03 bits per heavy atom. The molecule has 7 nitrogen and oxygen atoms in total. The van der Waals surface area contributed by atoms with E-state index in [-0.39, 0.29) is 11.9 Å². The van der Waals surface area contributed by atoms with Gasteiger partial charge in [0.2, 0.25) is 5.95 Å². The van der Waals surface area contributed by atoms with Crippen LogP contribution in [0.3, 0.4) is 0 Å². The van der Waals surface area contributed by atoms with E-state index >= 15 is 0 Å². The molecule has 1 heterocycles. The molecule has 3 N–H and O–H groups in total. The number of nitrogens with one attached hydrogen (secondary N) is 1. The number of aryl methyl sites for hydroxylation is 1. The van der Waals surface area contributed by atoms with Gasteiger partial charge in [-0.2, -0.15) is 0 Å². The topological polar surface area (TPSA) is 99.4 Å². The molecule has 0 aliphatic heterocycles. The van der Waals surface area contributed by atoms with E-state index < -0.39 is 0 Å². The van der Waals surface area contributed by atoms with Crippen molar-refractivity contribution < 1.29 is 14.3 Å². The summed E-state index contributed by atoms with van der Waals surface area (Å²) in [5.41, 5.74) is 10.5. The van der Waals surface area contributed by atoms with Crippen LogP contribution in [0.5, 0.6) is 11.5 Å². The SMILES string of the molecule is COc1cccc(NC(=O)c2ccc(C)c(-c3ccc4nc(N)ncc4c3)c2)c1OC. The Balaban J connectivity index is 1.68. The number of carbonyl (C=O) groups excluding carboxylic acids is 1. The number of ether oxygens (including phenoxy) is 2. The van der Waals surface area contributed by atoms with Crippen LogP contribution in [0.2, 0.25) is 0 Å². The van der Waals surface area contributed by atoms with Gasteiger partial charge in [-0.3, -0.25) is 4.79 Å². The van der Waals surface area contributed by atoms with Gasteiger partial charge in [-0.1, -0.05) is 18.2 Å². The largest absolute Gasteiger partial charge is 0.493 e. The average Bonchev–Trinajstić information content (AvgIpc) is 2.78. The Bertz CT molecular complexity index is 1290. The highest BCUT2D eigenvalue weighted by atomic mass is 16.5. The molecule has 1 amide bonds. The number of anilines is 2. The van der Waals surface area contributed by atoms with E-state index in [0.717, 1.165) is 27.6 Å². The van der Waals surface area contributed by atoms with E-state index in [1.165, 1.54) is 7.11 Å². The molecule has 0 radical (unpaired) electrons. The molecule has 4 rings (SSSR count). The summed E-state index contributed by atoms with van der Waals surface area (Å²) in [6.45, 7) is 2.01. The fraction of sp³-hybridized carbons (Fsp3) is 0.125. The minimum absolute atomic E-state index is 0.239. The molecule has 0 aliphatic carbocycles. The number of hydrogen-bond donors (Lipinski definition) is 2. The second-order valence-electron chi connectivity index (χ2n) is 7.03. The number of amides is 1. The van der Waals surface area contributed by atoms with Gasteiger partial charge in [0.05, 0.1) is 25.4 Å². The van der Waals surface area contributed by atoms with Gasteiger partial charge in [-0.15, -0.1) is 0 Å². The molecule has 0 bridgehead atoms. The number of aromatic nitrogens is 2. The molecule has 4 aromatic rings. The van der Waals surface area contributed by atoms with Crippen molar-refractivity contribution >= 4 is 28.4 Å². The van der Waals surface area contributed by atoms with E-state index in [1.807, 2.05) is 37.3 Å². The van der Waals surface area contributed by atoms with Crippen LogP contribution in [0.25, 0.3) is 22.0 Å². The number of methoxy groups -OCH3 is 2. The molecule has 0 atom stereocenters. The fourth-order valence-corrected chi connectivity index (χ4v) is 3.47. The zero-order chi connectivity index (χ0) is 22.0. The van der Waals surface area contributed by atoms with Crippen molar-refractivity contribution in [3.05, 3.63) is 71.9 Å². The van der Waals surface area contributed by atoms with E-state index in [2.05, 4.69) is 15.3 Å². The Kier molecular flexibility index (Phi) is 5.41. The summed E-state index contributed by atoms with van der Waals surface area (Å²) in [7, 11) is 3.09. The van der Waals surface area contributed by atoms with Crippen molar-refractivity contribution in [3.63, 3.8) is 0 Å². The van der Waals surface area contributed by atoms with E-state index in [0.29, 0.717) is 22.7 Å². The van der Waals surface area contributed by atoms with Crippen molar-refractivity contribution in [1.29, 1.82) is 0 Å². The zero-order valence-corrected chi connectivity index (χ0v) is 17.5. The maximum absolute atomic E-state index is 13.0. The molecule has 0 spiro atoms. The van der Waals surface area contributed by atoms with Gasteiger partial charge in [-0.25, -0.2) is 9.97 Å². The van der Waals surface area contributed by atoms with Crippen molar-refractivity contribution in [3.8, 4) is 22.6 Å². The molecule has 31 heavy (non-hydrogen) atoms. The maximum Gasteiger partial charge on any atom is 0.255 e. The molecule has 7 heteroatoms. The third-order valence-electron chi connectivity index (χ3n) is 5.06. The lowest BCUT2D eigenvalue weighted by molar-refractivity contribution is 0.102. The van der Waals surface area contributed by atoms with Crippen molar-refractivity contribution in [1.82, 2.24) is 9.97 Å². The number of rotatable bonds is 5. The lowest BCUT2D eigenvalue weighted by Crippen LogP contribution is -2.13. The minimum Gasteiger partial charge on any atom is -0.493 e. The van der Waals surface area contributed by atoms with Crippen molar-refractivity contribution in [2.45, 2.75) is 6.92 Å². The molecule has 0 unspecified atom stereocenters. The molecule has 0 aliphatic rings. The second kappa shape index (κ2) is 8.31. The number of nitrogen functional groups attached to an aromatic ring is 1. The molecule has 156 valence electrons. The number of nitrogens with two attached hydrogens (primary N) is 1. The van der Waals surface area contributed by atoms with Crippen LogP contribution in [0.1, 0.15) is 15.9 Å². The van der Waals surface area contributed by atoms with E-state index in [9.17, 15) is 4.79 Å². The summed E-state index contributed by atoms with van der Waals surface area (Å²) in [5, 5.41) is 3.79. The Hall–Kier alpha value is -4.13. The van der Waals surface area contributed by atoms with Crippen molar-refractivity contribution in [2.24, 2.45) is 0 Å². The predicted molar refractivity (Wildman–Crippen MR) is 122 cm³/mol. The number of para-hydroxylation sites is 1. The Morgan fingerprint density at radius 2 is 1.87 bits per heavy atom. The third-order valence-corrected chi connectivity index (χ3v) is 5.06. The van der Waals surface area contributed by atoms with Crippen LogP contribution < -0.4 is 20.5 Å². The first kappa shape index (κ1) is 20.2. The van der Waals surface area contributed by atoms with Crippen molar-refractivity contribution in [2.75, 3.05) is 25.3 Å². The van der Waals surface area contributed by atoms with Gasteiger partial charge >= 0.3 is 0 Å². The molecule has 1 aromatic heterocycles. The zero-order valence-electron chi connectivity index (χ0n) is 17.5. The highest BCUT2D eigenvalue weighted by Gasteiger charge is 2.15. The third kappa shape index (κ3) is 3.98. The summed E-state index contributed by atoms with van der Waals surface area (Å²) in [4.78, 5) is 21.3. The van der Waals surface area contributed by atoms with Crippen LogP contribution in [0.15, 0.2) is 60.8 Å². The van der Waals surface area contributed by atoms with Crippen LogP contribution in [0, 0.1) is 6.92 Å². The van der Waals surface area contributed by atoms with Gasteiger partial charge in [0, 0.05) is 17.1 Å². The Labute approximate surface area is 179 Å². The molecular weight excluding hydrogens is 392 g/mol. The summed E-state index contributed by atoms with van der Waals surface area (Å²) in [5.74, 6) is 1.01. The molecular formula is C24H22N4O3. The maximum atomic E-state index is 13.0. The van der Waals surface area contributed by atoms with Crippen LogP contribution in [-0.4, -0.2) is 30.1 Å². The monoisotopic (exact) mass is 414 g/mol. The van der Waals surface area contributed by atoms with Gasteiger partial charge in [0.1, 0.15) is 0 Å². The van der Waals surface area contributed by atoms with Crippen LogP contribution >= 0.6 is 0 Å². The smallest absolute Gasteiger partial charge is 0.255 e. The molecule has 0 fully saturated rings. The van der Waals surface area contributed by atoms with Gasteiger partial charge in [0.25, 0.3) is 5.91 Å². The van der Waals surface area contributed by atoms with Gasteiger partial charge in [-0.05, 0) is 60.0 Å². The van der Waals surface area contributed by atoms with E-state index in [1.54, 1.807) is 37.6 Å². The van der Waals surface area contributed by atoms with Gasteiger partial charge in [0.15, 0.2) is 11.5 Å². The van der Waals surface area contributed by atoms with Crippen LogP contribution in [0.4, 0.5) is 11.6 Å². The molecule has 0 saturated heterocycles. The summed E-state index contributed by atoms with van der Waals surface area (Å²) in [6.07, 6.45) is 1.70. The molecule has 0 saturated carbocycles. The first-order chi connectivity index (χ1) is 15.0. The lowest BCUT2D eigenvalue weighted by Gasteiger charge is -2.14. The summed E-state index contributed by atoms with van der Waals surface area (Å²) >= 11 is 0. The van der Waals surface area contributed by atoms with E-state index in [4.69, 9.17) is 15.2 Å². The van der Waals surface area contributed by atoms with Crippen LogP contribution in [-0.2, 0) is 0 Å². The standard InChI is InChI=1S/C24H22N4O3/c1-14-7-8-16(23(29)27-20-5-4-6-21(30-2)22(20)31-3)12-18(14)15-9-10-19-17(11-15)13-26-24(25)28-19/h4-13H,1-3H3,(H,27,29)(H2,25,26,28). The highest BCUT2D eigenvalue weighted by molar-refractivity contribution is 6.06. The summed E-state index contributed by atoms with van der Waals surface area (Å²) < 4.78 is 10.7. The number of benzene rings is 3. The Morgan fingerprint density at radius 3 is 2.65 bits per heavy atom. The highest BCUT2D eigenvalue weighted by Crippen LogP contribution is 2.35.